The lowest BCUT2D eigenvalue weighted by Crippen LogP contribution is -2.79. The van der Waals surface area contributed by atoms with Crippen LogP contribution in [0, 0.1) is 0 Å². The molecule has 0 spiro atoms. The zero-order valence-corrected chi connectivity index (χ0v) is 16.6. The lowest BCUT2D eigenvalue weighted by atomic mass is 10.2. The largest absolute Gasteiger partial charge is 0.300 e. The zero-order valence-electron chi connectivity index (χ0n) is 15.6. The molecule has 0 atom stereocenters. The van der Waals surface area contributed by atoms with Crippen LogP contribution in [0.15, 0.2) is 0 Å². The number of hydrogen-bond donors (Lipinski definition) is 0. The molecule has 20 heavy (non-hydrogen) atoms. The summed E-state index contributed by atoms with van der Waals surface area (Å²) in [4.78, 5) is 0. The summed E-state index contributed by atoms with van der Waals surface area (Å²) in [5.41, 5.74) is 0. The van der Waals surface area contributed by atoms with Crippen molar-refractivity contribution in [3.63, 3.8) is 0 Å². The van der Waals surface area contributed by atoms with Gasteiger partial charge in [-0.3, -0.25) is 13.7 Å². The topological polar surface area (TPSA) is 9.72 Å². The maximum absolute atomic E-state index is 2.78. The predicted octanol–water partition coefficient (Wildman–Crippen LogP) is 3.75. The van der Waals surface area contributed by atoms with Gasteiger partial charge in [-0.25, -0.2) is 0 Å². The van der Waals surface area contributed by atoms with Crippen molar-refractivity contribution in [2.75, 3.05) is 39.3 Å². The first kappa shape index (κ1) is 20.1. The van der Waals surface area contributed by atoms with Crippen molar-refractivity contribution in [1.82, 2.24) is 13.7 Å². The van der Waals surface area contributed by atoms with Gasteiger partial charge in [0.1, 0.15) is 0 Å². The molecule has 0 radical (unpaired) electrons. The van der Waals surface area contributed by atoms with E-state index in [1.54, 1.807) is 0 Å². The molecule has 3 nitrogen and oxygen atoms in total. The molecule has 0 amide bonds. The smallest absolute Gasteiger partial charge is 0.295 e. The van der Waals surface area contributed by atoms with Crippen LogP contribution < -0.4 is 0 Å². The minimum atomic E-state index is -1.89. The summed E-state index contributed by atoms with van der Waals surface area (Å²) in [7, 11) is -1.89. The summed E-state index contributed by atoms with van der Waals surface area (Å²) < 4.78 is 8.35. The van der Waals surface area contributed by atoms with Crippen molar-refractivity contribution < 1.29 is 0 Å². The van der Waals surface area contributed by atoms with Crippen molar-refractivity contribution in [2.45, 2.75) is 67.4 Å². The molecule has 0 saturated heterocycles. The Hall–Kier alpha value is 0.0969. The summed E-state index contributed by atoms with van der Waals surface area (Å²) in [5, 5.41) is 0.303. The van der Waals surface area contributed by atoms with E-state index in [0.29, 0.717) is 5.04 Å². The van der Waals surface area contributed by atoms with Crippen molar-refractivity contribution in [3.8, 4) is 0 Å². The van der Waals surface area contributed by atoms with Crippen molar-refractivity contribution in [2.24, 2.45) is 0 Å². The maximum Gasteiger partial charge on any atom is 0.295 e. The Morgan fingerprint density at radius 1 is 0.550 bits per heavy atom. The predicted molar refractivity (Wildman–Crippen MR) is 94.2 cm³/mol. The molecule has 0 aromatic heterocycles. The third-order valence-corrected chi connectivity index (χ3v) is 11.2. The fourth-order valence-electron chi connectivity index (χ4n) is 4.02. The lowest BCUT2D eigenvalue weighted by molar-refractivity contribution is 0.233. The maximum atomic E-state index is 2.78. The summed E-state index contributed by atoms with van der Waals surface area (Å²) in [6.07, 6.45) is 0. The molecule has 0 aromatic rings. The molecule has 0 aliphatic rings. The molecule has 0 aromatic carbocycles. The third kappa shape index (κ3) is 3.46. The Morgan fingerprint density at radius 3 is 0.850 bits per heavy atom. The highest BCUT2D eigenvalue weighted by Crippen LogP contribution is 2.42. The van der Waals surface area contributed by atoms with Crippen LogP contribution in [0.2, 0.25) is 5.04 Å². The van der Waals surface area contributed by atoms with E-state index in [9.17, 15) is 0 Å². The molecule has 0 heterocycles. The van der Waals surface area contributed by atoms with Gasteiger partial charge in [0.05, 0.1) is 0 Å². The van der Waals surface area contributed by atoms with Gasteiger partial charge < -0.3 is 0 Å². The van der Waals surface area contributed by atoms with E-state index >= 15 is 0 Å². The van der Waals surface area contributed by atoms with E-state index in [1.807, 2.05) is 0 Å². The second-order valence-electron chi connectivity index (χ2n) is 6.40. The molecule has 0 saturated carbocycles. The van der Waals surface area contributed by atoms with Crippen LogP contribution in [0.25, 0.3) is 0 Å². The Bertz CT molecular complexity index is 220. The van der Waals surface area contributed by atoms with Crippen LogP contribution in [-0.4, -0.2) is 61.5 Å². The quantitative estimate of drug-likeness (QED) is 0.601. The fourth-order valence-corrected chi connectivity index (χ4v) is 10.7. The highest BCUT2D eigenvalue weighted by molar-refractivity contribution is 6.74. The van der Waals surface area contributed by atoms with Gasteiger partial charge in [0.25, 0.3) is 8.56 Å². The molecular formula is C16H39N3Si. The normalized spacial score (nSPS) is 13.8. The second-order valence-corrected chi connectivity index (χ2v) is 11.1. The van der Waals surface area contributed by atoms with Gasteiger partial charge in [-0.2, -0.15) is 0 Å². The van der Waals surface area contributed by atoms with Crippen LogP contribution in [0.4, 0.5) is 0 Å². The van der Waals surface area contributed by atoms with Crippen LogP contribution in [0.5, 0.6) is 0 Å². The molecule has 0 N–H and O–H groups in total. The molecule has 0 bridgehead atoms. The Labute approximate surface area is 129 Å². The lowest BCUT2D eigenvalue weighted by Gasteiger charge is -2.59. The van der Waals surface area contributed by atoms with Crippen molar-refractivity contribution in [1.29, 1.82) is 0 Å². The third-order valence-electron chi connectivity index (χ3n) is 4.62. The number of rotatable bonds is 9. The van der Waals surface area contributed by atoms with Crippen molar-refractivity contribution in [3.05, 3.63) is 0 Å². The monoisotopic (exact) mass is 301 g/mol. The summed E-state index contributed by atoms with van der Waals surface area (Å²) >= 11 is 0. The molecule has 0 aliphatic heterocycles. The molecule has 122 valence electrons. The minimum absolute atomic E-state index is 0.303. The van der Waals surface area contributed by atoms with Gasteiger partial charge in [0.2, 0.25) is 0 Å². The van der Waals surface area contributed by atoms with Crippen molar-refractivity contribution >= 4 is 8.56 Å². The van der Waals surface area contributed by atoms with E-state index in [4.69, 9.17) is 0 Å². The standard InChI is InChI=1S/C16H39N3Si/c1-10-17(11-2)20(16(7,8)9,18(12-3)13-4)19(14-5)15-6/h10-15H2,1-9H3. The SMILES string of the molecule is CCN(CC)[Si](N(CC)CC)(N(CC)CC)C(C)(C)C. The fraction of sp³-hybridized carbons (Fsp3) is 1.00. The van der Waals surface area contributed by atoms with E-state index < -0.39 is 8.56 Å². The Balaban J connectivity index is 6.15. The molecule has 0 rings (SSSR count). The van der Waals surface area contributed by atoms with Gasteiger partial charge in [0, 0.05) is 0 Å². The average molecular weight is 302 g/mol. The van der Waals surface area contributed by atoms with Crippen LogP contribution >= 0.6 is 0 Å². The summed E-state index contributed by atoms with van der Waals surface area (Å²) in [6, 6.07) is 0. The van der Waals surface area contributed by atoms with E-state index in [0.717, 1.165) is 39.3 Å². The minimum Gasteiger partial charge on any atom is -0.300 e. The summed E-state index contributed by atoms with van der Waals surface area (Å²) in [6.45, 7) is 28.2. The summed E-state index contributed by atoms with van der Waals surface area (Å²) in [5.74, 6) is 0. The van der Waals surface area contributed by atoms with E-state index in [2.05, 4.69) is 76.0 Å². The van der Waals surface area contributed by atoms with E-state index in [1.165, 1.54) is 0 Å². The molecule has 0 fully saturated rings. The Morgan fingerprint density at radius 2 is 0.750 bits per heavy atom. The zero-order chi connectivity index (χ0) is 16.0. The van der Waals surface area contributed by atoms with Gasteiger partial charge >= 0.3 is 0 Å². The first-order valence-corrected chi connectivity index (χ1v) is 10.4. The van der Waals surface area contributed by atoms with Gasteiger partial charge in [-0.1, -0.05) is 62.3 Å². The van der Waals surface area contributed by atoms with Gasteiger partial charge in [-0.15, -0.1) is 0 Å². The molecule has 0 aliphatic carbocycles. The number of hydrogen-bond acceptors (Lipinski definition) is 3. The first-order valence-electron chi connectivity index (χ1n) is 8.56. The molecular weight excluding hydrogens is 262 g/mol. The Kier molecular flexibility index (Phi) is 8.56. The molecule has 4 heteroatoms. The van der Waals surface area contributed by atoms with Crippen LogP contribution in [0.1, 0.15) is 62.3 Å². The highest BCUT2D eigenvalue weighted by Gasteiger charge is 2.56. The highest BCUT2D eigenvalue weighted by atomic mass is 28.4. The van der Waals surface area contributed by atoms with Crippen LogP contribution in [0.3, 0.4) is 0 Å². The first-order chi connectivity index (χ1) is 9.31. The number of nitrogens with zero attached hydrogens (tertiary/aromatic N) is 3. The van der Waals surface area contributed by atoms with Gasteiger partial charge in [-0.05, 0) is 44.3 Å². The van der Waals surface area contributed by atoms with Crippen LogP contribution in [-0.2, 0) is 0 Å². The second kappa shape index (κ2) is 8.52. The van der Waals surface area contributed by atoms with E-state index in [-0.39, 0.29) is 0 Å². The van der Waals surface area contributed by atoms with Gasteiger partial charge in [0.15, 0.2) is 0 Å². The molecule has 0 unspecified atom stereocenters. The average Bonchev–Trinajstić information content (AvgIpc) is 2.40.